The van der Waals surface area contributed by atoms with E-state index in [0.29, 0.717) is 6.54 Å². The maximum Gasteiger partial charge on any atom is 0.239 e. The zero-order valence-electron chi connectivity index (χ0n) is 10.7. The summed E-state index contributed by atoms with van der Waals surface area (Å²) in [6.07, 6.45) is 6.17. The first-order chi connectivity index (χ1) is 8.08. The van der Waals surface area contributed by atoms with Crippen LogP contribution >= 0.6 is 0 Å². The monoisotopic (exact) mass is 240 g/mol. The molecule has 0 spiro atoms. The molecule has 2 rings (SSSR count). The molecule has 0 bridgehead atoms. The lowest BCUT2D eigenvalue weighted by Crippen LogP contribution is -2.54. The fourth-order valence-corrected chi connectivity index (χ4v) is 2.87. The van der Waals surface area contributed by atoms with Gasteiger partial charge in [-0.1, -0.05) is 12.8 Å². The van der Waals surface area contributed by atoms with Gasteiger partial charge >= 0.3 is 0 Å². The van der Waals surface area contributed by atoms with E-state index in [4.69, 9.17) is 0 Å². The molecule has 4 nitrogen and oxygen atoms in total. The van der Waals surface area contributed by atoms with Crippen LogP contribution in [0.5, 0.6) is 0 Å². The quantitative estimate of drug-likeness (QED) is 0.716. The molecule has 2 unspecified atom stereocenters. The zero-order chi connectivity index (χ0) is 12.3. The molecule has 0 saturated carbocycles. The summed E-state index contributed by atoms with van der Waals surface area (Å²) in [6.45, 7) is 4.06. The molecule has 0 aromatic rings. The van der Waals surface area contributed by atoms with Crippen LogP contribution in [0.4, 0.5) is 0 Å². The van der Waals surface area contributed by atoms with Gasteiger partial charge in [-0.15, -0.1) is 0 Å². The average molecular weight is 240 g/mol. The van der Waals surface area contributed by atoms with Gasteiger partial charge in [-0.25, -0.2) is 0 Å². The number of aliphatic hydroxyl groups is 1. The highest BCUT2D eigenvalue weighted by molar-refractivity contribution is 5.82. The number of piperidine rings is 1. The molecule has 2 aliphatic heterocycles. The highest BCUT2D eigenvalue weighted by atomic mass is 16.3. The van der Waals surface area contributed by atoms with Crippen LogP contribution in [0.1, 0.15) is 45.4 Å². The van der Waals surface area contributed by atoms with Crippen LogP contribution in [0.3, 0.4) is 0 Å². The van der Waals surface area contributed by atoms with Crippen molar-refractivity contribution in [1.29, 1.82) is 0 Å². The van der Waals surface area contributed by atoms with E-state index in [1.54, 1.807) is 0 Å². The SMILES string of the molecule is CC1(O)CCCN(C(=O)C2CCCCCN2)C1. The van der Waals surface area contributed by atoms with Gasteiger partial charge in [0.05, 0.1) is 11.6 Å². The lowest BCUT2D eigenvalue weighted by Gasteiger charge is -2.38. The van der Waals surface area contributed by atoms with Gasteiger partial charge in [0.1, 0.15) is 0 Å². The third-order valence-corrected chi connectivity index (χ3v) is 3.84. The van der Waals surface area contributed by atoms with Crippen LogP contribution < -0.4 is 5.32 Å². The molecule has 0 aromatic heterocycles. The second-order valence-electron chi connectivity index (χ2n) is 5.72. The Bertz CT molecular complexity index is 271. The molecule has 0 radical (unpaired) electrons. The Kier molecular flexibility index (Phi) is 4.05. The maximum absolute atomic E-state index is 12.3. The van der Waals surface area contributed by atoms with Gasteiger partial charge in [-0.3, -0.25) is 4.79 Å². The van der Waals surface area contributed by atoms with Gasteiger partial charge in [0, 0.05) is 13.1 Å². The van der Waals surface area contributed by atoms with Gasteiger partial charge in [0.15, 0.2) is 0 Å². The molecular weight excluding hydrogens is 216 g/mol. The fourth-order valence-electron chi connectivity index (χ4n) is 2.87. The number of rotatable bonds is 1. The summed E-state index contributed by atoms with van der Waals surface area (Å²) < 4.78 is 0. The number of amides is 1. The fraction of sp³-hybridized carbons (Fsp3) is 0.923. The standard InChI is InChI=1S/C13H24N2O2/c1-13(17)7-5-9-15(10-13)12(16)11-6-3-2-4-8-14-11/h11,14,17H,2-10H2,1H3. The molecule has 4 heteroatoms. The van der Waals surface area contributed by atoms with Crippen molar-refractivity contribution in [2.75, 3.05) is 19.6 Å². The summed E-state index contributed by atoms with van der Waals surface area (Å²) >= 11 is 0. The van der Waals surface area contributed by atoms with Gasteiger partial charge in [0.2, 0.25) is 5.91 Å². The minimum Gasteiger partial charge on any atom is -0.388 e. The van der Waals surface area contributed by atoms with Crippen LogP contribution in [-0.2, 0) is 4.79 Å². The highest BCUT2D eigenvalue weighted by Crippen LogP contribution is 2.21. The number of likely N-dealkylation sites (tertiary alicyclic amines) is 1. The first kappa shape index (κ1) is 12.8. The van der Waals surface area contributed by atoms with E-state index in [2.05, 4.69) is 5.32 Å². The minimum atomic E-state index is -0.696. The van der Waals surface area contributed by atoms with E-state index < -0.39 is 5.60 Å². The van der Waals surface area contributed by atoms with Crippen LogP contribution in [0, 0.1) is 0 Å². The Morgan fingerprint density at radius 3 is 2.94 bits per heavy atom. The lowest BCUT2D eigenvalue weighted by atomic mass is 9.94. The first-order valence-electron chi connectivity index (χ1n) is 6.83. The summed E-state index contributed by atoms with van der Waals surface area (Å²) in [4.78, 5) is 14.2. The third kappa shape index (κ3) is 3.42. The number of hydrogen-bond donors (Lipinski definition) is 2. The minimum absolute atomic E-state index is 0.0219. The third-order valence-electron chi connectivity index (χ3n) is 3.84. The predicted octanol–water partition coefficient (Wildman–Crippen LogP) is 0.892. The second-order valence-corrected chi connectivity index (χ2v) is 5.72. The molecule has 2 saturated heterocycles. The maximum atomic E-state index is 12.3. The normalized spacial score (nSPS) is 35.4. The number of nitrogens with zero attached hydrogens (tertiary/aromatic N) is 1. The zero-order valence-corrected chi connectivity index (χ0v) is 10.7. The smallest absolute Gasteiger partial charge is 0.239 e. The van der Waals surface area contributed by atoms with Crippen LogP contribution in [-0.4, -0.2) is 47.2 Å². The number of hydrogen-bond acceptors (Lipinski definition) is 3. The number of β-amino-alcohol motifs (C(OH)–C–C–N with tert-alkyl or cyclic N) is 1. The molecular formula is C13H24N2O2. The summed E-state index contributed by atoms with van der Waals surface area (Å²) in [5.41, 5.74) is -0.696. The molecule has 0 aliphatic carbocycles. The Labute approximate surface area is 103 Å². The molecule has 2 fully saturated rings. The van der Waals surface area contributed by atoms with E-state index in [1.165, 1.54) is 12.8 Å². The van der Waals surface area contributed by atoms with Crippen molar-refractivity contribution in [2.45, 2.75) is 57.1 Å². The number of nitrogens with one attached hydrogen (secondary N) is 1. The van der Waals surface area contributed by atoms with E-state index in [1.807, 2.05) is 11.8 Å². The number of carbonyl (C=O) groups excluding carboxylic acids is 1. The highest BCUT2D eigenvalue weighted by Gasteiger charge is 2.33. The Morgan fingerprint density at radius 2 is 2.18 bits per heavy atom. The van der Waals surface area contributed by atoms with Gasteiger partial charge in [-0.2, -0.15) is 0 Å². The van der Waals surface area contributed by atoms with Crippen molar-refractivity contribution in [3.05, 3.63) is 0 Å². The topological polar surface area (TPSA) is 52.6 Å². The lowest BCUT2D eigenvalue weighted by molar-refractivity contribution is -0.139. The van der Waals surface area contributed by atoms with Crippen molar-refractivity contribution in [2.24, 2.45) is 0 Å². The predicted molar refractivity (Wildman–Crippen MR) is 66.7 cm³/mol. The largest absolute Gasteiger partial charge is 0.388 e. The van der Waals surface area contributed by atoms with Crippen molar-refractivity contribution in [1.82, 2.24) is 10.2 Å². The van der Waals surface area contributed by atoms with Crippen LogP contribution in [0.2, 0.25) is 0 Å². The van der Waals surface area contributed by atoms with Crippen molar-refractivity contribution >= 4 is 5.91 Å². The second kappa shape index (κ2) is 5.36. The van der Waals surface area contributed by atoms with E-state index in [9.17, 15) is 9.90 Å². The molecule has 1 amide bonds. The average Bonchev–Trinajstić information content (AvgIpc) is 2.55. The van der Waals surface area contributed by atoms with Crippen LogP contribution in [0.25, 0.3) is 0 Å². The van der Waals surface area contributed by atoms with Crippen molar-refractivity contribution < 1.29 is 9.90 Å². The van der Waals surface area contributed by atoms with E-state index >= 15 is 0 Å². The Balaban J connectivity index is 1.93. The summed E-state index contributed by atoms with van der Waals surface area (Å²) in [6, 6.07) is -0.0219. The summed E-state index contributed by atoms with van der Waals surface area (Å²) in [7, 11) is 0. The molecule has 2 N–H and O–H groups in total. The first-order valence-corrected chi connectivity index (χ1v) is 6.83. The Morgan fingerprint density at radius 1 is 1.35 bits per heavy atom. The molecule has 2 aliphatic rings. The molecule has 2 atom stereocenters. The van der Waals surface area contributed by atoms with Crippen LogP contribution in [0.15, 0.2) is 0 Å². The van der Waals surface area contributed by atoms with Gasteiger partial charge in [0.25, 0.3) is 0 Å². The van der Waals surface area contributed by atoms with Crippen molar-refractivity contribution in [3.8, 4) is 0 Å². The van der Waals surface area contributed by atoms with Crippen molar-refractivity contribution in [3.63, 3.8) is 0 Å². The summed E-state index contributed by atoms with van der Waals surface area (Å²) in [5.74, 6) is 0.187. The van der Waals surface area contributed by atoms with E-state index in [0.717, 1.165) is 38.8 Å². The molecule has 2 heterocycles. The van der Waals surface area contributed by atoms with Gasteiger partial charge < -0.3 is 15.3 Å². The van der Waals surface area contributed by atoms with E-state index in [-0.39, 0.29) is 11.9 Å². The number of carbonyl (C=O) groups is 1. The molecule has 0 aromatic carbocycles. The van der Waals surface area contributed by atoms with Gasteiger partial charge in [-0.05, 0) is 39.2 Å². The molecule has 98 valence electrons. The summed E-state index contributed by atoms with van der Waals surface area (Å²) in [5, 5.41) is 13.4. The molecule has 17 heavy (non-hydrogen) atoms. The Hall–Kier alpha value is -0.610.